The van der Waals surface area contributed by atoms with E-state index in [-0.39, 0.29) is 23.4 Å². The number of piperazine rings is 1. The second-order valence-corrected chi connectivity index (χ2v) is 9.72. The van der Waals surface area contributed by atoms with E-state index in [1.807, 2.05) is 24.3 Å². The van der Waals surface area contributed by atoms with E-state index in [0.717, 1.165) is 36.7 Å². The molecule has 192 valence electrons. The Balaban J connectivity index is 1.43. The predicted molar refractivity (Wildman–Crippen MR) is 144 cm³/mol. The molecule has 2 aliphatic heterocycles. The van der Waals surface area contributed by atoms with E-state index in [0.29, 0.717) is 49.6 Å². The minimum absolute atomic E-state index is 0.0354. The molecule has 2 fully saturated rings. The van der Waals surface area contributed by atoms with Crippen LogP contribution in [0.25, 0.3) is 10.8 Å². The number of amides is 1. The van der Waals surface area contributed by atoms with Crippen LogP contribution in [0.15, 0.2) is 42.5 Å². The van der Waals surface area contributed by atoms with Crippen molar-refractivity contribution in [3.05, 3.63) is 48.2 Å². The number of aromatic hydroxyl groups is 1. The number of nitrogens with one attached hydrogen (secondary N) is 3. The van der Waals surface area contributed by atoms with Gasteiger partial charge >= 0.3 is 0 Å². The van der Waals surface area contributed by atoms with Crippen molar-refractivity contribution in [2.24, 2.45) is 0 Å². The van der Waals surface area contributed by atoms with E-state index in [2.05, 4.69) is 43.9 Å². The van der Waals surface area contributed by atoms with Gasteiger partial charge in [0.2, 0.25) is 5.95 Å². The third-order valence-corrected chi connectivity index (χ3v) is 7.12. The van der Waals surface area contributed by atoms with Gasteiger partial charge in [-0.25, -0.2) is 4.98 Å². The molecule has 2 saturated heterocycles. The van der Waals surface area contributed by atoms with E-state index in [4.69, 9.17) is 10.2 Å². The van der Waals surface area contributed by atoms with Gasteiger partial charge in [0.15, 0.2) is 0 Å². The maximum atomic E-state index is 13.4. The zero-order valence-electron chi connectivity index (χ0n) is 20.9. The number of aromatic nitrogens is 2. The molecule has 10 nitrogen and oxygen atoms in total. The Morgan fingerprint density at radius 1 is 1.24 bits per heavy atom. The largest absolute Gasteiger partial charge is 0.508 e. The van der Waals surface area contributed by atoms with Gasteiger partial charge in [-0.15, -0.1) is 0 Å². The van der Waals surface area contributed by atoms with Crippen LogP contribution >= 0.6 is 0 Å². The van der Waals surface area contributed by atoms with Crippen LogP contribution < -0.4 is 20.9 Å². The molecule has 4 N–H and O–H groups in total. The lowest BCUT2D eigenvalue weighted by atomic mass is 10.1. The van der Waals surface area contributed by atoms with E-state index >= 15 is 0 Å². The third kappa shape index (κ3) is 5.74. The Hall–Kier alpha value is -3.94. The van der Waals surface area contributed by atoms with Crippen molar-refractivity contribution in [3.63, 3.8) is 0 Å². The molecular weight excluding hydrogens is 468 g/mol. The highest BCUT2D eigenvalue weighted by Crippen LogP contribution is 2.29. The summed E-state index contributed by atoms with van der Waals surface area (Å²) in [7, 11) is 2.12. The average molecular weight is 501 g/mol. The molecular formula is C27H32N8O2. The van der Waals surface area contributed by atoms with Crippen LogP contribution in [0, 0.1) is 11.3 Å². The number of carbonyl (C=O) groups is 1. The third-order valence-electron chi connectivity index (χ3n) is 7.12. The molecule has 1 amide bonds. The molecule has 1 aromatic heterocycles. The fourth-order valence-electron chi connectivity index (χ4n) is 5.10. The Kier molecular flexibility index (Phi) is 7.35. The number of nitrogens with zero attached hydrogens (tertiary/aromatic N) is 5. The first-order chi connectivity index (χ1) is 18.0. The molecule has 0 spiro atoms. The number of carbonyl (C=O) groups excluding carboxylic acids is 1. The Bertz CT molecular complexity index is 1320. The van der Waals surface area contributed by atoms with Gasteiger partial charge in [-0.3, -0.25) is 4.79 Å². The first kappa shape index (κ1) is 24.7. The molecule has 0 radical (unpaired) electrons. The predicted octanol–water partition coefficient (Wildman–Crippen LogP) is 2.79. The van der Waals surface area contributed by atoms with Crippen molar-refractivity contribution in [1.29, 1.82) is 5.26 Å². The molecule has 0 saturated carbocycles. The summed E-state index contributed by atoms with van der Waals surface area (Å²) in [4.78, 5) is 27.2. The summed E-state index contributed by atoms with van der Waals surface area (Å²) in [6.07, 6.45) is 2.67. The van der Waals surface area contributed by atoms with Crippen LogP contribution in [0.3, 0.4) is 0 Å². The van der Waals surface area contributed by atoms with Crippen molar-refractivity contribution < 1.29 is 9.90 Å². The quantitative estimate of drug-likeness (QED) is 0.387. The van der Waals surface area contributed by atoms with Gasteiger partial charge in [0.25, 0.3) is 5.91 Å². The summed E-state index contributed by atoms with van der Waals surface area (Å²) in [5, 5.41) is 30.6. The van der Waals surface area contributed by atoms with E-state index < -0.39 is 0 Å². The average Bonchev–Trinajstić information content (AvgIpc) is 3.32. The van der Waals surface area contributed by atoms with Crippen molar-refractivity contribution in [1.82, 2.24) is 20.2 Å². The van der Waals surface area contributed by atoms with Gasteiger partial charge in [-0.1, -0.05) is 24.3 Å². The van der Waals surface area contributed by atoms with Gasteiger partial charge in [0.1, 0.15) is 17.3 Å². The van der Waals surface area contributed by atoms with Crippen LogP contribution in [0.4, 0.5) is 17.5 Å². The van der Waals surface area contributed by atoms with E-state index in [9.17, 15) is 9.90 Å². The highest BCUT2D eigenvalue weighted by Gasteiger charge is 2.24. The minimum atomic E-state index is -0.385. The summed E-state index contributed by atoms with van der Waals surface area (Å²) in [5.74, 6) is 0.737. The summed E-state index contributed by atoms with van der Waals surface area (Å²) in [6.45, 7) is 3.81. The first-order valence-electron chi connectivity index (χ1n) is 12.7. The zero-order valence-corrected chi connectivity index (χ0v) is 20.9. The SMILES string of the molecule is CN1CCCC1CNc1nc(C(=O)Nc2cc(O)cc3ccccc23)cc(N2CCN[C@@H](CC#N)C2)n1. The maximum Gasteiger partial charge on any atom is 0.274 e. The molecule has 1 unspecified atom stereocenters. The molecule has 5 rings (SSSR count). The lowest BCUT2D eigenvalue weighted by Crippen LogP contribution is -2.51. The van der Waals surface area contributed by atoms with Gasteiger partial charge in [0, 0.05) is 55.8 Å². The van der Waals surface area contributed by atoms with Crippen molar-refractivity contribution in [2.75, 3.05) is 55.3 Å². The lowest BCUT2D eigenvalue weighted by Gasteiger charge is -2.33. The van der Waals surface area contributed by atoms with E-state index in [1.54, 1.807) is 18.2 Å². The van der Waals surface area contributed by atoms with Crippen molar-refractivity contribution in [3.8, 4) is 11.8 Å². The number of benzene rings is 2. The molecule has 3 aromatic rings. The van der Waals surface area contributed by atoms with Crippen LogP contribution in [0.5, 0.6) is 5.75 Å². The highest BCUT2D eigenvalue weighted by molar-refractivity contribution is 6.09. The molecule has 2 atom stereocenters. The standard InChI is InChI=1S/C27H32N8O2/c1-34-11-4-6-20(34)16-30-27-32-24(15-25(33-27)35-12-10-29-19(17-35)8-9-28)26(37)31-23-14-21(36)13-18-5-2-3-7-22(18)23/h2-3,5,7,13-15,19-20,29,36H,4,6,8,10-12,16-17H2,1H3,(H,31,37)(H,30,32,33)/t19-,20?/m0/s1. The van der Waals surface area contributed by atoms with Crippen molar-refractivity contribution >= 4 is 34.1 Å². The molecule has 0 bridgehead atoms. The van der Waals surface area contributed by atoms with Gasteiger partial charge in [-0.2, -0.15) is 10.2 Å². The number of phenolic OH excluding ortho intramolecular Hbond substituents is 1. The fourth-order valence-corrected chi connectivity index (χ4v) is 5.10. The Labute approximate surface area is 216 Å². The smallest absolute Gasteiger partial charge is 0.274 e. The second-order valence-electron chi connectivity index (χ2n) is 9.72. The summed E-state index contributed by atoms with van der Waals surface area (Å²) in [6, 6.07) is 15.1. The van der Waals surface area contributed by atoms with Crippen LogP contribution in [-0.2, 0) is 0 Å². The fraction of sp³-hybridized carbons (Fsp3) is 0.407. The van der Waals surface area contributed by atoms with Gasteiger partial charge in [0.05, 0.1) is 18.2 Å². The Morgan fingerprint density at radius 3 is 2.92 bits per heavy atom. The molecule has 0 aliphatic carbocycles. The zero-order chi connectivity index (χ0) is 25.8. The number of anilines is 3. The molecule has 3 heterocycles. The van der Waals surface area contributed by atoms with Gasteiger partial charge in [-0.05, 0) is 37.9 Å². The molecule has 10 heteroatoms. The topological polar surface area (TPSA) is 129 Å². The molecule has 37 heavy (non-hydrogen) atoms. The summed E-state index contributed by atoms with van der Waals surface area (Å²) >= 11 is 0. The highest BCUT2D eigenvalue weighted by atomic mass is 16.3. The molecule has 2 aromatic carbocycles. The summed E-state index contributed by atoms with van der Waals surface area (Å²) < 4.78 is 0. The number of likely N-dealkylation sites (N-methyl/N-ethyl adjacent to an activating group) is 1. The maximum absolute atomic E-state index is 13.4. The number of likely N-dealkylation sites (tertiary alicyclic amines) is 1. The lowest BCUT2D eigenvalue weighted by molar-refractivity contribution is 0.102. The monoisotopic (exact) mass is 500 g/mol. The number of fused-ring (bicyclic) bond motifs is 1. The number of phenols is 1. The number of nitriles is 1. The summed E-state index contributed by atoms with van der Waals surface area (Å²) in [5.41, 5.74) is 0.745. The number of rotatable bonds is 7. The van der Waals surface area contributed by atoms with E-state index in [1.165, 1.54) is 0 Å². The normalized spacial score (nSPS) is 20.1. The van der Waals surface area contributed by atoms with Crippen LogP contribution in [0.2, 0.25) is 0 Å². The van der Waals surface area contributed by atoms with Crippen LogP contribution in [0.1, 0.15) is 29.8 Å². The minimum Gasteiger partial charge on any atom is -0.508 e. The number of hydrogen-bond acceptors (Lipinski definition) is 9. The molecule has 2 aliphatic rings. The number of hydrogen-bond donors (Lipinski definition) is 4. The second kappa shape index (κ2) is 11.0. The Morgan fingerprint density at radius 2 is 2.11 bits per heavy atom. The van der Waals surface area contributed by atoms with Crippen LogP contribution in [-0.4, -0.2) is 77.7 Å². The first-order valence-corrected chi connectivity index (χ1v) is 12.7. The van der Waals surface area contributed by atoms with Gasteiger partial charge < -0.3 is 30.9 Å². The van der Waals surface area contributed by atoms with Crippen molar-refractivity contribution in [2.45, 2.75) is 31.3 Å².